The normalized spacial score (nSPS) is 19.9. The molecular weight excluding hydrogens is 214 g/mol. The third-order valence-corrected chi connectivity index (χ3v) is 2.52. The smallest absolute Gasteiger partial charge is 0.265 e. The zero-order valence-electron chi connectivity index (χ0n) is 9.37. The Kier molecular flexibility index (Phi) is 2.73. The second-order valence-corrected chi connectivity index (χ2v) is 4.11. The number of aromatic nitrogens is 3. The highest BCUT2D eigenvalue weighted by molar-refractivity contribution is 5.31. The van der Waals surface area contributed by atoms with Crippen molar-refractivity contribution in [3.05, 3.63) is 11.6 Å². The molecular formula is C10H14F2N4. The molecule has 1 saturated heterocycles. The van der Waals surface area contributed by atoms with E-state index in [1.165, 1.54) is 4.90 Å². The molecule has 16 heavy (non-hydrogen) atoms. The van der Waals surface area contributed by atoms with Crippen LogP contribution in [0.4, 0.5) is 14.7 Å². The zero-order valence-corrected chi connectivity index (χ0v) is 9.37. The van der Waals surface area contributed by atoms with Gasteiger partial charge in [-0.15, -0.1) is 0 Å². The lowest BCUT2D eigenvalue weighted by atomic mass is 10.1. The SMILES string of the molecule is Cc1nc(C)nc(N2CCCC(F)(F)C2)n1. The molecule has 88 valence electrons. The summed E-state index contributed by atoms with van der Waals surface area (Å²) in [4.78, 5) is 13.7. The second kappa shape index (κ2) is 3.92. The third-order valence-electron chi connectivity index (χ3n) is 2.52. The average molecular weight is 228 g/mol. The molecule has 2 heterocycles. The molecule has 0 atom stereocenters. The summed E-state index contributed by atoms with van der Waals surface area (Å²) in [6.07, 6.45) is 0.420. The van der Waals surface area contributed by atoms with Gasteiger partial charge in [-0.25, -0.2) is 13.8 Å². The van der Waals surface area contributed by atoms with Gasteiger partial charge in [0.25, 0.3) is 5.92 Å². The monoisotopic (exact) mass is 228 g/mol. The van der Waals surface area contributed by atoms with Crippen LogP contribution in [0.25, 0.3) is 0 Å². The molecule has 0 aromatic carbocycles. The van der Waals surface area contributed by atoms with E-state index in [0.29, 0.717) is 30.6 Å². The minimum atomic E-state index is -2.63. The summed E-state index contributed by atoms with van der Waals surface area (Å²) < 4.78 is 26.5. The standard InChI is InChI=1S/C10H14F2N4/c1-7-13-8(2)15-9(14-7)16-5-3-4-10(11,12)6-16/h3-6H2,1-2H3. The Morgan fingerprint density at radius 2 is 1.75 bits per heavy atom. The van der Waals surface area contributed by atoms with Crippen molar-refractivity contribution in [3.63, 3.8) is 0 Å². The molecule has 0 bridgehead atoms. The molecule has 0 N–H and O–H groups in total. The number of halogens is 2. The molecule has 0 unspecified atom stereocenters. The van der Waals surface area contributed by atoms with E-state index in [9.17, 15) is 8.78 Å². The van der Waals surface area contributed by atoms with Crippen molar-refractivity contribution in [2.45, 2.75) is 32.6 Å². The minimum Gasteiger partial charge on any atom is -0.335 e. The molecule has 4 nitrogen and oxygen atoms in total. The fraction of sp³-hybridized carbons (Fsp3) is 0.700. The number of hydrogen-bond donors (Lipinski definition) is 0. The Morgan fingerprint density at radius 1 is 1.12 bits per heavy atom. The first-order chi connectivity index (χ1) is 7.46. The van der Waals surface area contributed by atoms with Crippen LogP contribution in [0.2, 0.25) is 0 Å². The van der Waals surface area contributed by atoms with Gasteiger partial charge in [-0.2, -0.15) is 9.97 Å². The first-order valence-electron chi connectivity index (χ1n) is 5.28. The number of anilines is 1. The fourth-order valence-corrected chi connectivity index (χ4v) is 1.88. The van der Waals surface area contributed by atoms with Crippen molar-refractivity contribution in [3.8, 4) is 0 Å². The maximum atomic E-state index is 13.2. The maximum Gasteiger partial charge on any atom is 0.265 e. The van der Waals surface area contributed by atoms with E-state index in [0.717, 1.165) is 0 Å². The van der Waals surface area contributed by atoms with E-state index in [2.05, 4.69) is 15.0 Å². The highest BCUT2D eigenvalue weighted by Crippen LogP contribution is 2.28. The molecule has 6 heteroatoms. The lowest BCUT2D eigenvalue weighted by Crippen LogP contribution is -2.43. The van der Waals surface area contributed by atoms with Gasteiger partial charge in [-0.3, -0.25) is 0 Å². The van der Waals surface area contributed by atoms with E-state index in [1.54, 1.807) is 13.8 Å². The van der Waals surface area contributed by atoms with Gasteiger partial charge in [0.1, 0.15) is 11.6 Å². The van der Waals surface area contributed by atoms with Crippen molar-refractivity contribution in [1.29, 1.82) is 0 Å². The number of nitrogens with zero attached hydrogens (tertiary/aromatic N) is 4. The van der Waals surface area contributed by atoms with Crippen LogP contribution in [0.5, 0.6) is 0 Å². The van der Waals surface area contributed by atoms with Crippen molar-refractivity contribution in [2.24, 2.45) is 0 Å². The maximum absolute atomic E-state index is 13.2. The lowest BCUT2D eigenvalue weighted by Gasteiger charge is -2.32. The summed E-state index contributed by atoms with van der Waals surface area (Å²) >= 11 is 0. The van der Waals surface area contributed by atoms with Crippen LogP contribution in [0.15, 0.2) is 0 Å². The van der Waals surface area contributed by atoms with Crippen LogP contribution in [-0.4, -0.2) is 34.0 Å². The van der Waals surface area contributed by atoms with Crippen molar-refractivity contribution >= 4 is 5.95 Å². The van der Waals surface area contributed by atoms with Crippen LogP contribution in [-0.2, 0) is 0 Å². The van der Waals surface area contributed by atoms with Crippen LogP contribution in [0, 0.1) is 13.8 Å². The molecule has 0 spiro atoms. The summed E-state index contributed by atoms with van der Waals surface area (Å²) in [7, 11) is 0. The highest BCUT2D eigenvalue weighted by atomic mass is 19.3. The summed E-state index contributed by atoms with van der Waals surface area (Å²) in [6.45, 7) is 3.76. The Morgan fingerprint density at radius 3 is 2.31 bits per heavy atom. The molecule has 0 saturated carbocycles. The number of piperidine rings is 1. The summed E-state index contributed by atoms with van der Waals surface area (Å²) in [6, 6.07) is 0. The Balaban J connectivity index is 2.23. The predicted octanol–water partition coefficient (Wildman–Crippen LogP) is 1.72. The van der Waals surface area contributed by atoms with Gasteiger partial charge in [-0.1, -0.05) is 0 Å². The number of aryl methyl sites for hydroxylation is 2. The van der Waals surface area contributed by atoms with Gasteiger partial charge in [-0.05, 0) is 20.3 Å². The quantitative estimate of drug-likeness (QED) is 0.734. The Hall–Kier alpha value is -1.33. The summed E-state index contributed by atoms with van der Waals surface area (Å²) in [5, 5.41) is 0. The Labute approximate surface area is 92.7 Å². The molecule has 0 aliphatic carbocycles. The molecule has 1 aromatic rings. The number of hydrogen-bond acceptors (Lipinski definition) is 4. The van der Waals surface area contributed by atoms with Gasteiger partial charge in [0.05, 0.1) is 6.54 Å². The van der Waals surface area contributed by atoms with E-state index in [1.807, 2.05) is 0 Å². The number of rotatable bonds is 1. The van der Waals surface area contributed by atoms with Gasteiger partial charge >= 0.3 is 0 Å². The third kappa shape index (κ3) is 2.43. The molecule has 2 rings (SSSR count). The van der Waals surface area contributed by atoms with Crippen molar-refractivity contribution in [1.82, 2.24) is 15.0 Å². The van der Waals surface area contributed by atoms with Crippen molar-refractivity contribution in [2.75, 3.05) is 18.0 Å². The zero-order chi connectivity index (χ0) is 11.8. The van der Waals surface area contributed by atoms with E-state index < -0.39 is 5.92 Å². The van der Waals surface area contributed by atoms with Crippen molar-refractivity contribution < 1.29 is 8.78 Å². The van der Waals surface area contributed by atoms with Gasteiger partial charge in [0, 0.05) is 13.0 Å². The largest absolute Gasteiger partial charge is 0.335 e. The van der Waals surface area contributed by atoms with Gasteiger partial charge in [0.15, 0.2) is 0 Å². The van der Waals surface area contributed by atoms with Gasteiger partial charge < -0.3 is 4.90 Å². The summed E-state index contributed by atoms with van der Waals surface area (Å²) in [5.41, 5.74) is 0. The van der Waals surface area contributed by atoms with E-state index >= 15 is 0 Å². The first kappa shape index (κ1) is 11.2. The topological polar surface area (TPSA) is 41.9 Å². The summed E-state index contributed by atoms with van der Waals surface area (Å²) in [5.74, 6) is -1.13. The predicted molar refractivity (Wildman–Crippen MR) is 55.7 cm³/mol. The molecule has 1 aliphatic heterocycles. The van der Waals surface area contributed by atoms with Crippen LogP contribution < -0.4 is 4.90 Å². The van der Waals surface area contributed by atoms with Crippen LogP contribution in [0.3, 0.4) is 0 Å². The van der Waals surface area contributed by atoms with Crippen LogP contribution >= 0.6 is 0 Å². The fourth-order valence-electron chi connectivity index (χ4n) is 1.88. The highest BCUT2D eigenvalue weighted by Gasteiger charge is 2.36. The van der Waals surface area contributed by atoms with Crippen LogP contribution in [0.1, 0.15) is 24.5 Å². The first-order valence-corrected chi connectivity index (χ1v) is 5.28. The van der Waals surface area contributed by atoms with E-state index in [4.69, 9.17) is 0 Å². The molecule has 0 amide bonds. The molecule has 0 radical (unpaired) electrons. The minimum absolute atomic E-state index is 0.0491. The molecule has 1 aliphatic rings. The average Bonchev–Trinajstić information content (AvgIpc) is 2.14. The molecule has 1 aromatic heterocycles. The second-order valence-electron chi connectivity index (χ2n) is 4.11. The molecule has 1 fully saturated rings. The van der Waals surface area contributed by atoms with Gasteiger partial charge in [0.2, 0.25) is 5.95 Å². The van der Waals surface area contributed by atoms with E-state index in [-0.39, 0.29) is 13.0 Å². The number of alkyl halides is 2. The lowest BCUT2D eigenvalue weighted by molar-refractivity contribution is -0.0121. The Bertz CT molecular complexity index is 374.